The third-order valence-corrected chi connectivity index (χ3v) is 4.58. The molecule has 0 fully saturated rings. The van der Waals surface area contributed by atoms with Crippen molar-refractivity contribution in [3.63, 3.8) is 0 Å². The van der Waals surface area contributed by atoms with E-state index in [-0.39, 0.29) is 4.90 Å². The zero-order valence-electron chi connectivity index (χ0n) is 12.4. The van der Waals surface area contributed by atoms with Crippen molar-refractivity contribution in [2.75, 3.05) is 0 Å². The third-order valence-electron chi connectivity index (χ3n) is 3.65. The Morgan fingerprint density at radius 1 is 0.708 bits per heavy atom. The average molecular weight is 345 g/mol. The Hall–Kier alpha value is -2.57. The van der Waals surface area contributed by atoms with Crippen molar-refractivity contribution in [2.45, 2.75) is 4.90 Å². The molecule has 0 saturated carbocycles. The van der Waals surface area contributed by atoms with Crippen molar-refractivity contribution < 1.29 is 17.2 Å². The quantitative estimate of drug-likeness (QED) is 0.781. The van der Waals surface area contributed by atoms with E-state index in [0.717, 1.165) is 23.3 Å². The summed E-state index contributed by atoms with van der Waals surface area (Å²) in [7, 11) is -3.77. The standard InChI is InChI=1S/C18H13F2NO2S/c19-17-10-7-13(11-18(17)20)16-4-2-1-3-15(16)12-5-8-14(9-6-12)24(21,22)23/h1-11H,(H2,21,22,23). The fraction of sp³-hybridized carbons (Fsp3) is 0. The van der Waals surface area contributed by atoms with Crippen LogP contribution in [0.3, 0.4) is 0 Å². The Morgan fingerprint density at radius 3 is 1.79 bits per heavy atom. The molecule has 0 radical (unpaired) electrons. The molecule has 0 saturated heterocycles. The first-order valence-electron chi connectivity index (χ1n) is 7.04. The summed E-state index contributed by atoms with van der Waals surface area (Å²) in [6.07, 6.45) is 0. The highest BCUT2D eigenvalue weighted by Crippen LogP contribution is 2.33. The number of nitrogens with two attached hydrogens (primary N) is 1. The Kier molecular flexibility index (Phi) is 4.17. The van der Waals surface area contributed by atoms with E-state index >= 15 is 0 Å². The normalized spacial score (nSPS) is 11.5. The molecule has 0 aliphatic carbocycles. The summed E-state index contributed by atoms with van der Waals surface area (Å²) in [5, 5.41) is 5.09. The molecular weight excluding hydrogens is 332 g/mol. The van der Waals surface area contributed by atoms with E-state index in [9.17, 15) is 17.2 Å². The maximum absolute atomic E-state index is 13.5. The van der Waals surface area contributed by atoms with E-state index in [1.165, 1.54) is 18.2 Å². The third kappa shape index (κ3) is 3.20. The molecule has 3 nitrogen and oxygen atoms in total. The molecule has 0 amide bonds. The van der Waals surface area contributed by atoms with Crippen LogP contribution in [0.1, 0.15) is 0 Å². The van der Waals surface area contributed by atoms with Gasteiger partial charge in [-0.3, -0.25) is 0 Å². The summed E-state index contributed by atoms with van der Waals surface area (Å²) in [4.78, 5) is 0.0107. The van der Waals surface area contributed by atoms with Crippen LogP contribution in [0.4, 0.5) is 8.78 Å². The Morgan fingerprint density at radius 2 is 1.25 bits per heavy atom. The predicted octanol–water partition coefficient (Wildman–Crippen LogP) is 3.95. The molecule has 0 aliphatic heterocycles. The highest BCUT2D eigenvalue weighted by molar-refractivity contribution is 7.89. The van der Waals surface area contributed by atoms with Crippen LogP contribution in [-0.2, 0) is 10.0 Å². The minimum absolute atomic E-state index is 0.0107. The Bertz CT molecular complexity index is 1000. The minimum Gasteiger partial charge on any atom is -0.225 e. The SMILES string of the molecule is NS(=O)(=O)c1ccc(-c2ccccc2-c2ccc(F)c(F)c2)cc1. The molecule has 0 heterocycles. The lowest BCUT2D eigenvalue weighted by molar-refractivity contribution is 0.509. The summed E-state index contributed by atoms with van der Waals surface area (Å²) < 4.78 is 49.4. The van der Waals surface area contributed by atoms with Crippen LogP contribution >= 0.6 is 0 Å². The second-order valence-corrected chi connectivity index (χ2v) is 6.81. The van der Waals surface area contributed by atoms with E-state index in [1.54, 1.807) is 24.3 Å². The second-order valence-electron chi connectivity index (χ2n) is 5.24. The van der Waals surface area contributed by atoms with E-state index in [1.807, 2.05) is 12.1 Å². The summed E-state index contributed by atoms with van der Waals surface area (Å²) >= 11 is 0. The van der Waals surface area contributed by atoms with Gasteiger partial charge in [0.15, 0.2) is 11.6 Å². The van der Waals surface area contributed by atoms with Crippen molar-refractivity contribution in [1.29, 1.82) is 0 Å². The van der Waals surface area contributed by atoms with Gasteiger partial charge in [-0.05, 0) is 46.5 Å². The van der Waals surface area contributed by atoms with Gasteiger partial charge < -0.3 is 0 Å². The monoisotopic (exact) mass is 345 g/mol. The van der Waals surface area contributed by atoms with Crippen molar-refractivity contribution in [1.82, 2.24) is 0 Å². The predicted molar refractivity (Wildman–Crippen MR) is 88.6 cm³/mol. The lowest BCUT2D eigenvalue weighted by Crippen LogP contribution is -2.11. The van der Waals surface area contributed by atoms with Crippen molar-refractivity contribution in [3.05, 3.63) is 78.4 Å². The molecule has 3 aromatic carbocycles. The van der Waals surface area contributed by atoms with Crippen LogP contribution in [0, 0.1) is 11.6 Å². The van der Waals surface area contributed by atoms with Gasteiger partial charge in [0, 0.05) is 0 Å². The average Bonchev–Trinajstić information content (AvgIpc) is 2.57. The molecule has 24 heavy (non-hydrogen) atoms. The molecule has 0 aliphatic rings. The van der Waals surface area contributed by atoms with Gasteiger partial charge in [-0.25, -0.2) is 22.3 Å². The smallest absolute Gasteiger partial charge is 0.225 e. The zero-order chi connectivity index (χ0) is 17.3. The summed E-state index contributed by atoms with van der Waals surface area (Å²) in [6.45, 7) is 0. The number of hydrogen-bond donors (Lipinski definition) is 1. The molecule has 0 spiro atoms. The van der Waals surface area contributed by atoms with Gasteiger partial charge in [-0.15, -0.1) is 0 Å². The number of primary sulfonamides is 1. The maximum atomic E-state index is 13.5. The number of rotatable bonds is 3. The Labute approximate surface area is 138 Å². The van der Waals surface area contributed by atoms with Crippen LogP contribution in [0.5, 0.6) is 0 Å². The molecule has 6 heteroatoms. The van der Waals surface area contributed by atoms with Gasteiger partial charge in [0.1, 0.15) is 0 Å². The number of sulfonamides is 1. The van der Waals surface area contributed by atoms with Gasteiger partial charge in [0.2, 0.25) is 10.0 Å². The number of hydrogen-bond acceptors (Lipinski definition) is 2. The summed E-state index contributed by atoms with van der Waals surface area (Å²) in [5.74, 6) is -1.83. The molecule has 0 unspecified atom stereocenters. The van der Waals surface area contributed by atoms with Crippen LogP contribution in [-0.4, -0.2) is 8.42 Å². The first-order valence-corrected chi connectivity index (χ1v) is 8.58. The van der Waals surface area contributed by atoms with E-state index in [0.29, 0.717) is 11.1 Å². The maximum Gasteiger partial charge on any atom is 0.238 e. The number of halogens is 2. The molecule has 3 rings (SSSR count). The lowest BCUT2D eigenvalue weighted by Gasteiger charge is -2.11. The Balaban J connectivity index is 2.11. The van der Waals surface area contributed by atoms with Gasteiger partial charge in [0.05, 0.1) is 4.90 Å². The van der Waals surface area contributed by atoms with Gasteiger partial charge in [-0.2, -0.15) is 0 Å². The van der Waals surface area contributed by atoms with Crippen LogP contribution < -0.4 is 5.14 Å². The minimum atomic E-state index is -3.77. The molecule has 0 atom stereocenters. The summed E-state index contributed by atoms with van der Waals surface area (Å²) in [6, 6.07) is 17.0. The van der Waals surface area contributed by atoms with Gasteiger partial charge >= 0.3 is 0 Å². The molecule has 2 N–H and O–H groups in total. The first-order chi connectivity index (χ1) is 11.4. The first kappa shape index (κ1) is 16.3. The molecule has 3 aromatic rings. The number of benzene rings is 3. The van der Waals surface area contributed by atoms with E-state index < -0.39 is 21.7 Å². The molecule has 122 valence electrons. The van der Waals surface area contributed by atoms with Crippen molar-refractivity contribution >= 4 is 10.0 Å². The molecule has 0 bridgehead atoms. The highest BCUT2D eigenvalue weighted by atomic mass is 32.2. The van der Waals surface area contributed by atoms with Gasteiger partial charge in [-0.1, -0.05) is 42.5 Å². The van der Waals surface area contributed by atoms with Gasteiger partial charge in [0.25, 0.3) is 0 Å². The van der Waals surface area contributed by atoms with Crippen LogP contribution in [0.2, 0.25) is 0 Å². The van der Waals surface area contributed by atoms with E-state index in [2.05, 4.69) is 0 Å². The highest BCUT2D eigenvalue weighted by Gasteiger charge is 2.11. The van der Waals surface area contributed by atoms with Crippen molar-refractivity contribution in [3.8, 4) is 22.3 Å². The van der Waals surface area contributed by atoms with Crippen LogP contribution in [0.25, 0.3) is 22.3 Å². The lowest BCUT2D eigenvalue weighted by atomic mass is 9.94. The van der Waals surface area contributed by atoms with Crippen LogP contribution in [0.15, 0.2) is 71.6 Å². The zero-order valence-corrected chi connectivity index (χ0v) is 13.2. The second kappa shape index (κ2) is 6.14. The molecular formula is C18H13F2NO2S. The van der Waals surface area contributed by atoms with E-state index in [4.69, 9.17) is 5.14 Å². The van der Waals surface area contributed by atoms with Crippen molar-refractivity contribution in [2.24, 2.45) is 5.14 Å². The fourth-order valence-electron chi connectivity index (χ4n) is 2.47. The summed E-state index contributed by atoms with van der Waals surface area (Å²) in [5.41, 5.74) is 2.74. The molecule has 0 aromatic heterocycles. The topological polar surface area (TPSA) is 60.2 Å². The fourth-order valence-corrected chi connectivity index (χ4v) is 2.99. The largest absolute Gasteiger partial charge is 0.238 e.